The van der Waals surface area contributed by atoms with E-state index in [1.807, 2.05) is 49.4 Å². The smallest absolute Gasteiger partial charge is 0.243 e. The molecule has 5 aromatic rings. The lowest BCUT2D eigenvalue weighted by Crippen LogP contribution is -2.49. The van der Waals surface area contributed by atoms with Gasteiger partial charge in [0, 0.05) is 38.2 Å². The summed E-state index contributed by atoms with van der Waals surface area (Å²) in [5.74, 6) is 0.454. The minimum Gasteiger partial charge on any atom is -0.355 e. The number of sulfonamides is 1. The molecule has 0 aliphatic carbocycles. The molecule has 0 radical (unpaired) electrons. The molecule has 0 atom stereocenters. The molecule has 0 N–H and O–H groups in total. The van der Waals surface area contributed by atoms with Crippen molar-refractivity contribution in [1.82, 2.24) is 13.7 Å². The Bertz CT molecular complexity index is 1840. The topological polar surface area (TPSA) is 81.7 Å². The van der Waals surface area contributed by atoms with Gasteiger partial charge in [0.25, 0.3) is 0 Å². The van der Waals surface area contributed by atoms with Gasteiger partial charge >= 0.3 is 0 Å². The maximum absolute atomic E-state index is 13.4. The number of pyridine rings is 1. The molecular formula is C30H26FN5O2S. The normalized spacial score (nSPS) is 14.6. The van der Waals surface area contributed by atoms with Gasteiger partial charge in [-0.05, 0) is 54.4 Å². The number of para-hydroxylation sites is 2. The Morgan fingerprint density at radius 1 is 0.923 bits per heavy atom. The van der Waals surface area contributed by atoms with E-state index in [1.54, 1.807) is 0 Å². The molecule has 1 saturated heterocycles. The third kappa shape index (κ3) is 4.32. The van der Waals surface area contributed by atoms with Crippen molar-refractivity contribution in [2.24, 2.45) is 0 Å². The zero-order valence-corrected chi connectivity index (χ0v) is 22.2. The number of nitrogens with zero attached hydrogens (tertiary/aromatic N) is 5. The van der Waals surface area contributed by atoms with E-state index in [2.05, 4.69) is 27.5 Å². The first-order valence-electron chi connectivity index (χ1n) is 12.8. The number of hydrogen-bond acceptors (Lipinski definition) is 5. The summed E-state index contributed by atoms with van der Waals surface area (Å²) in [4.78, 5) is 7.11. The van der Waals surface area contributed by atoms with E-state index in [1.165, 1.54) is 28.6 Å². The van der Waals surface area contributed by atoms with Gasteiger partial charge in [-0.25, -0.2) is 17.8 Å². The molecule has 6 rings (SSSR count). The molecule has 9 heteroatoms. The highest BCUT2D eigenvalue weighted by Crippen LogP contribution is 2.35. The SMILES string of the molecule is Cc1c(Cc2ccccc2)c(N2CCN(S(=O)(=O)c3ccc(F)cc3)CC2)n2c(nc3ccccc32)c1C#N. The van der Waals surface area contributed by atoms with Crippen molar-refractivity contribution in [2.75, 3.05) is 31.1 Å². The maximum atomic E-state index is 13.4. The molecule has 1 aliphatic heterocycles. The van der Waals surface area contributed by atoms with Gasteiger partial charge in [-0.15, -0.1) is 0 Å². The molecule has 0 unspecified atom stereocenters. The Labute approximate surface area is 226 Å². The first-order valence-corrected chi connectivity index (χ1v) is 14.2. The van der Waals surface area contributed by atoms with E-state index < -0.39 is 15.8 Å². The molecule has 3 aromatic carbocycles. The summed E-state index contributed by atoms with van der Waals surface area (Å²) >= 11 is 0. The largest absolute Gasteiger partial charge is 0.355 e. The Morgan fingerprint density at radius 2 is 1.59 bits per heavy atom. The van der Waals surface area contributed by atoms with Crippen LogP contribution < -0.4 is 4.90 Å². The molecule has 1 fully saturated rings. The minimum atomic E-state index is -3.75. The third-order valence-electron chi connectivity index (χ3n) is 7.42. The van der Waals surface area contributed by atoms with Crippen LogP contribution in [0.4, 0.5) is 10.2 Å². The fourth-order valence-corrected chi connectivity index (χ4v) is 6.83. The molecule has 0 bridgehead atoms. The molecule has 0 spiro atoms. The highest BCUT2D eigenvalue weighted by molar-refractivity contribution is 7.89. The van der Waals surface area contributed by atoms with Crippen molar-refractivity contribution < 1.29 is 12.8 Å². The maximum Gasteiger partial charge on any atom is 0.243 e. The third-order valence-corrected chi connectivity index (χ3v) is 9.33. The number of fused-ring (bicyclic) bond motifs is 3. The van der Waals surface area contributed by atoms with Gasteiger partial charge < -0.3 is 4.90 Å². The number of nitriles is 1. The van der Waals surface area contributed by atoms with Crippen LogP contribution in [0.15, 0.2) is 83.8 Å². The minimum absolute atomic E-state index is 0.0827. The standard InChI is InChI=1S/C30H26FN5O2S/c1-21-25(19-22-7-3-2-4-8-22)30(36-28-10-6-5-9-27(28)33-29(36)26(21)20-32)34-15-17-35(18-16-34)39(37,38)24-13-11-23(31)12-14-24/h2-14H,15-19H2,1H3. The van der Waals surface area contributed by atoms with Gasteiger partial charge in [0.15, 0.2) is 5.65 Å². The monoisotopic (exact) mass is 539 g/mol. The average Bonchev–Trinajstić information content (AvgIpc) is 3.33. The number of benzene rings is 3. The highest BCUT2D eigenvalue weighted by atomic mass is 32.2. The highest BCUT2D eigenvalue weighted by Gasteiger charge is 2.31. The second-order valence-electron chi connectivity index (χ2n) is 9.68. The summed E-state index contributed by atoms with van der Waals surface area (Å²) in [5, 5.41) is 10.2. The van der Waals surface area contributed by atoms with Gasteiger partial charge in [-0.1, -0.05) is 42.5 Å². The van der Waals surface area contributed by atoms with Crippen LogP contribution in [0.3, 0.4) is 0 Å². The predicted octanol–water partition coefficient (Wildman–Crippen LogP) is 4.91. The molecule has 196 valence electrons. The van der Waals surface area contributed by atoms with Crippen LogP contribution in [-0.2, 0) is 16.4 Å². The van der Waals surface area contributed by atoms with Crippen LogP contribution >= 0.6 is 0 Å². The Morgan fingerprint density at radius 3 is 2.28 bits per heavy atom. The number of hydrogen-bond donors (Lipinski definition) is 0. The predicted molar refractivity (Wildman–Crippen MR) is 149 cm³/mol. The number of halogens is 1. The van der Waals surface area contributed by atoms with Crippen molar-refractivity contribution in [1.29, 1.82) is 5.26 Å². The zero-order chi connectivity index (χ0) is 27.1. The molecule has 3 heterocycles. The van der Waals surface area contributed by atoms with Crippen LogP contribution in [0.5, 0.6) is 0 Å². The van der Waals surface area contributed by atoms with Gasteiger partial charge in [0.1, 0.15) is 17.7 Å². The Hall–Kier alpha value is -4.26. The number of imidazole rings is 1. The number of aromatic nitrogens is 2. The summed E-state index contributed by atoms with van der Waals surface area (Å²) in [7, 11) is -3.75. The van der Waals surface area contributed by atoms with Crippen molar-refractivity contribution in [2.45, 2.75) is 18.2 Å². The lowest BCUT2D eigenvalue weighted by atomic mass is 9.97. The molecule has 1 aliphatic rings. The molecule has 2 aromatic heterocycles. The van der Waals surface area contributed by atoms with E-state index in [0.717, 1.165) is 33.5 Å². The average molecular weight is 540 g/mol. The molecule has 7 nitrogen and oxygen atoms in total. The molecule has 0 amide bonds. The van der Waals surface area contributed by atoms with Gasteiger partial charge in [-0.3, -0.25) is 4.40 Å². The number of anilines is 1. The fraction of sp³-hybridized carbons (Fsp3) is 0.200. The second-order valence-corrected chi connectivity index (χ2v) is 11.6. The Kier molecular flexibility index (Phi) is 6.29. The van der Waals surface area contributed by atoms with E-state index in [4.69, 9.17) is 4.98 Å². The van der Waals surface area contributed by atoms with Crippen LogP contribution in [-0.4, -0.2) is 48.3 Å². The van der Waals surface area contributed by atoms with E-state index >= 15 is 0 Å². The van der Waals surface area contributed by atoms with Crippen LogP contribution in [0.25, 0.3) is 16.7 Å². The van der Waals surface area contributed by atoms with Gasteiger partial charge in [0.2, 0.25) is 10.0 Å². The summed E-state index contributed by atoms with van der Waals surface area (Å²) in [6.07, 6.45) is 0.618. The summed E-state index contributed by atoms with van der Waals surface area (Å²) in [6, 6.07) is 25.3. The van der Waals surface area contributed by atoms with Crippen molar-refractivity contribution >= 4 is 32.5 Å². The van der Waals surface area contributed by atoms with Crippen molar-refractivity contribution in [3.8, 4) is 6.07 Å². The summed E-state index contributed by atoms with van der Waals surface area (Å²) < 4.78 is 43.5. The van der Waals surface area contributed by atoms with E-state index in [9.17, 15) is 18.1 Å². The summed E-state index contributed by atoms with van der Waals surface area (Å²) in [6.45, 7) is 3.43. The van der Waals surface area contributed by atoms with Crippen LogP contribution in [0, 0.1) is 24.1 Å². The lowest BCUT2D eigenvalue weighted by molar-refractivity contribution is 0.383. The van der Waals surface area contributed by atoms with Crippen molar-refractivity contribution in [3.63, 3.8) is 0 Å². The number of piperazine rings is 1. The lowest BCUT2D eigenvalue weighted by Gasteiger charge is -2.37. The fourth-order valence-electron chi connectivity index (χ4n) is 5.40. The molecule has 0 saturated carbocycles. The zero-order valence-electron chi connectivity index (χ0n) is 21.4. The molecular weight excluding hydrogens is 513 g/mol. The summed E-state index contributed by atoms with van der Waals surface area (Å²) in [5.41, 5.74) is 5.84. The van der Waals surface area contributed by atoms with Gasteiger partial charge in [0.05, 0.1) is 21.5 Å². The van der Waals surface area contributed by atoms with Crippen LogP contribution in [0.2, 0.25) is 0 Å². The quantitative estimate of drug-likeness (QED) is 0.317. The second kappa shape index (κ2) is 9.80. The first-order chi connectivity index (χ1) is 18.9. The Balaban J connectivity index is 1.46. The van der Waals surface area contributed by atoms with Crippen LogP contribution in [0.1, 0.15) is 22.3 Å². The van der Waals surface area contributed by atoms with Gasteiger partial charge in [-0.2, -0.15) is 9.57 Å². The van der Waals surface area contributed by atoms with E-state index in [-0.39, 0.29) is 18.0 Å². The number of rotatable bonds is 5. The first kappa shape index (κ1) is 25.0. The van der Waals surface area contributed by atoms with E-state index in [0.29, 0.717) is 30.7 Å². The van der Waals surface area contributed by atoms with Crippen molar-refractivity contribution in [3.05, 3.63) is 107 Å². The molecule has 39 heavy (non-hydrogen) atoms.